The molecule has 2 aliphatic carbocycles. The first-order valence-corrected chi connectivity index (χ1v) is 8.94. The van der Waals surface area contributed by atoms with E-state index in [2.05, 4.69) is 19.6 Å². The summed E-state index contributed by atoms with van der Waals surface area (Å²) in [6.45, 7) is 6.20. The number of unbranched alkanes of at least 4 members (excludes halogenated alkanes) is 1. The third kappa shape index (κ3) is 4.65. The molecule has 0 heteroatoms. The molecule has 0 aromatic heterocycles. The molecule has 0 unspecified atom stereocenters. The molecule has 2 fully saturated rings. The zero-order valence-electron chi connectivity index (χ0n) is 13.1. The molecule has 0 N–H and O–H groups in total. The Kier molecular flexibility index (Phi) is 6.47. The predicted molar refractivity (Wildman–Crippen MR) is 85.2 cm³/mol. The predicted octanol–water partition coefficient (Wildman–Crippen LogP) is 6.37. The van der Waals surface area contributed by atoms with Crippen molar-refractivity contribution in [3.63, 3.8) is 0 Å². The summed E-state index contributed by atoms with van der Waals surface area (Å²) in [6, 6.07) is 0. The van der Waals surface area contributed by atoms with E-state index in [9.17, 15) is 0 Å². The zero-order chi connectivity index (χ0) is 13.5. The fourth-order valence-electron chi connectivity index (χ4n) is 4.57. The molecule has 0 bridgehead atoms. The van der Waals surface area contributed by atoms with Gasteiger partial charge < -0.3 is 0 Å². The third-order valence-electron chi connectivity index (χ3n) is 6.05. The summed E-state index contributed by atoms with van der Waals surface area (Å²) < 4.78 is 0. The molecule has 2 saturated carbocycles. The molecule has 110 valence electrons. The van der Waals surface area contributed by atoms with Crippen molar-refractivity contribution in [2.24, 2.45) is 23.7 Å². The smallest absolute Gasteiger partial charge is 0.0353 e. The second kappa shape index (κ2) is 8.12. The van der Waals surface area contributed by atoms with Gasteiger partial charge in [0.1, 0.15) is 0 Å². The molecular weight excluding hydrogens is 228 g/mol. The average molecular weight is 262 g/mol. The van der Waals surface area contributed by atoms with Crippen molar-refractivity contribution in [2.45, 2.75) is 84.0 Å². The highest BCUT2D eigenvalue weighted by molar-refractivity contribution is 4.82. The number of hydrogen-bond donors (Lipinski definition) is 0. The molecule has 0 nitrogen and oxygen atoms in total. The standard InChI is InChI=1S/C19H34/c1-3-5-6-7-17-10-14-19(15-11-17)18-12-8-16(4-2)9-13-18/h3,16-19H,1,4-15H2,2H3. The van der Waals surface area contributed by atoms with Gasteiger partial charge in [-0.3, -0.25) is 0 Å². The highest BCUT2D eigenvalue weighted by atomic mass is 14.4. The summed E-state index contributed by atoms with van der Waals surface area (Å²) in [5, 5.41) is 0. The van der Waals surface area contributed by atoms with Gasteiger partial charge in [0, 0.05) is 0 Å². The minimum absolute atomic E-state index is 1.04. The fourth-order valence-corrected chi connectivity index (χ4v) is 4.57. The van der Waals surface area contributed by atoms with E-state index < -0.39 is 0 Å². The first-order valence-electron chi connectivity index (χ1n) is 8.94. The number of hydrogen-bond acceptors (Lipinski definition) is 0. The number of rotatable bonds is 6. The fraction of sp³-hybridized carbons (Fsp3) is 0.895. The van der Waals surface area contributed by atoms with Crippen LogP contribution in [-0.4, -0.2) is 0 Å². The van der Waals surface area contributed by atoms with E-state index in [0.29, 0.717) is 0 Å². The molecule has 19 heavy (non-hydrogen) atoms. The maximum Gasteiger partial charge on any atom is -0.0353 e. The summed E-state index contributed by atoms with van der Waals surface area (Å²) in [4.78, 5) is 0. The van der Waals surface area contributed by atoms with Crippen molar-refractivity contribution in [2.75, 3.05) is 0 Å². The maximum atomic E-state index is 3.83. The Morgan fingerprint density at radius 1 is 0.842 bits per heavy atom. The monoisotopic (exact) mass is 262 g/mol. The molecule has 0 aliphatic heterocycles. The summed E-state index contributed by atoms with van der Waals surface area (Å²) in [5.41, 5.74) is 0. The largest absolute Gasteiger partial charge is 0.103 e. The van der Waals surface area contributed by atoms with Gasteiger partial charge in [-0.2, -0.15) is 0 Å². The van der Waals surface area contributed by atoms with Crippen LogP contribution in [0.5, 0.6) is 0 Å². The second-order valence-corrected chi connectivity index (χ2v) is 7.19. The van der Waals surface area contributed by atoms with Crippen LogP contribution in [0.3, 0.4) is 0 Å². The van der Waals surface area contributed by atoms with Crippen LogP contribution >= 0.6 is 0 Å². The second-order valence-electron chi connectivity index (χ2n) is 7.19. The van der Waals surface area contributed by atoms with Crippen LogP contribution in [0.2, 0.25) is 0 Å². The van der Waals surface area contributed by atoms with Crippen LogP contribution in [0.4, 0.5) is 0 Å². The quantitative estimate of drug-likeness (QED) is 0.385. The minimum atomic E-state index is 1.04. The average Bonchev–Trinajstić information content (AvgIpc) is 2.48. The van der Waals surface area contributed by atoms with Crippen LogP contribution in [-0.2, 0) is 0 Å². The van der Waals surface area contributed by atoms with Crippen molar-refractivity contribution in [1.29, 1.82) is 0 Å². The van der Waals surface area contributed by atoms with E-state index in [4.69, 9.17) is 0 Å². The molecule has 0 radical (unpaired) electrons. The lowest BCUT2D eigenvalue weighted by molar-refractivity contribution is 0.142. The zero-order valence-corrected chi connectivity index (χ0v) is 13.1. The SMILES string of the molecule is C=CCCCC1CCC(C2CCC(CC)CC2)CC1. The Hall–Kier alpha value is -0.260. The lowest BCUT2D eigenvalue weighted by Gasteiger charge is -2.37. The minimum Gasteiger partial charge on any atom is -0.103 e. The lowest BCUT2D eigenvalue weighted by atomic mass is 9.68. The van der Waals surface area contributed by atoms with Gasteiger partial charge in [0.05, 0.1) is 0 Å². The Morgan fingerprint density at radius 2 is 1.37 bits per heavy atom. The summed E-state index contributed by atoms with van der Waals surface area (Å²) >= 11 is 0. The Labute approximate surface area is 121 Å². The highest BCUT2D eigenvalue weighted by Gasteiger charge is 2.30. The van der Waals surface area contributed by atoms with Gasteiger partial charge in [-0.25, -0.2) is 0 Å². The molecule has 2 rings (SSSR count). The molecule has 0 amide bonds. The molecule has 0 aromatic carbocycles. The number of allylic oxidation sites excluding steroid dienone is 1. The van der Waals surface area contributed by atoms with E-state index in [-0.39, 0.29) is 0 Å². The molecule has 0 aromatic rings. The molecular formula is C19H34. The van der Waals surface area contributed by atoms with Crippen molar-refractivity contribution >= 4 is 0 Å². The third-order valence-corrected chi connectivity index (χ3v) is 6.05. The van der Waals surface area contributed by atoms with E-state index in [1.165, 1.54) is 51.4 Å². The van der Waals surface area contributed by atoms with Crippen LogP contribution in [0.15, 0.2) is 12.7 Å². The molecule has 0 heterocycles. The van der Waals surface area contributed by atoms with Gasteiger partial charge in [0.15, 0.2) is 0 Å². The van der Waals surface area contributed by atoms with E-state index in [1.807, 2.05) is 0 Å². The van der Waals surface area contributed by atoms with Crippen LogP contribution in [0, 0.1) is 23.7 Å². The molecule has 0 saturated heterocycles. The highest BCUT2D eigenvalue weighted by Crippen LogP contribution is 2.42. The lowest BCUT2D eigenvalue weighted by Crippen LogP contribution is -2.25. The van der Waals surface area contributed by atoms with Crippen LogP contribution in [0.25, 0.3) is 0 Å². The maximum absolute atomic E-state index is 3.83. The summed E-state index contributed by atoms with van der Waals surface area (Å²) in [6.07, 6.45) is 19.8. The van der Waals surface area contributed by atoms with E-state index in [1.54, 1.807) is 25.7 Å². The first kappa shape index (κ1) is 15.1. The molecule has 0 spiro atoms. The van der Waals surface area contributed by atoms with E-state index in [0.717, 1.165) is 23.7 Å². The summed E-state index contributed by atoms with van der Waals surface area (Å²) in [5.74, 6) is 4.29. The van der Waals surface area contributed by atoms with Gasteiger partial charge in [0.2, 0.25) is 0 Å². The Balaban J connectivity index is 1.64. The van der Waals surface area contributed by atoms with Crippen molar-refractivity contribution < 1.29 is 0 Å². The van der Waals surface area contributed by atoms with Crippen molar-refractivity contribution in [3.8, 4) is 0 Å². The van der Waals surface area contributed by atoms with E-state index >= 15 is 0 Å². The van der Waals surface area contributed by atoms with Crippen molar-refractivity contribution in [1.82, 2.24) is 0 Å². The Bertz CT molecular complexity index is 239. The summed E-state index contributed by atoms with van der Waals surface area (Å²) in [7, 11) is 0. The van der Waals surface area contributed by atoms with Gasteiger partial charge in [-0.15, -0.1) is 6.58 Å². The van der Waals surface area contributed by atoms with Crippen LogP contribution < -0.4 is 0 Å². The normalized spacial score (nSPS) is 36.1. The van der Waals surface area contributed by atoms with Gasteiger partial charge in [-0.1, -0.05) is 51.5 Å². The van der Waals surface area contributed by atoms with Crippen molar-refractivity contribution in [3.05, 3.63) is 12.7 Å². The van der Waals surface area contributed by atoms with Gasteiger partial charge >= 0.3 is 0 Å². The van der Waals surface area contributed by atoms with Gasteiger partial charge in [-0.05, 0) is 62.2 Å². The molecule has 2 aliphatic rings. The van der Waals surface area contributed by atoms with Gasteiger partial charge in [0.25, 0.3) is 0 Å². The first-order chi connectivity index (χ1) is 9.33. The topological polar surface area (TPSA) is 0 Å². The molecule has 0 atom stereocenters. The Morgan fingerprint density at radius 3 is 1.84 bits per heavy atom. The van der Waals surface area contributed by atoms with Crippen LogP contribution in [0.1, 0.15) is 84.0 Å².